The lowest BCUT2D eigenvalue weighted by Gasteiger charge is -2.52. The Morgan fingerprint density at radius 1 is 0.833 bits per heavy atom. The molecule has 5 heterocycles. The smallest absolute Gasteiger partial charge is 0.179 e. The maximum atomic E-state index is 11.8. The van der Waals surface area contributed by atoms with Crippen LogP contribution in [0.3, 0.4) is 0 Å². The molecule has 280 valence electrons. The van der Waals surface area contributed by atoms with Gasteiger partial charge in [-0.3, -0.25) is 0 Å². The number of ether oxygens (including phenoxy) is 9. The largest absolute Gasteiger partial charge is 0.392 e. The molecular formula is C36H64O12. The van der Waals surface area contributed by atoms with Crippen LogP contribution in [0.4, 0.5) is 0 Å². The van der Waals surface area contributed by atoms with Gasteiger partial charge in [-0.25, -0.2) is 0 Å². The Morgan fingerprint density at radius 2 is 1.46 bits per heavy atom. The van der Waals surface area contributed by atoms with E-state index < -0.39 is 59.2 Å². The van der Waals surface area contributed by atoms with Crippen LogP contribution in [-0.4, -0.2) is 134 Å². The molecule has 0 aromatic carbocycles. The maximum absolute atomic E-state index is 11.8. The first-order valence-corrected chi connectivity index (χ1v) is 18.0. The predicted molar refractivity (Wildman–Crippen MR) is 175 cm³/mol. The zero-order valence-corrected chi connectivity index (χ0v) is 31.2. The Hall–Kier alpha value is -0.480. The van der Waals surface area contributed by atoms with Crippen molar-refractivity contribution in [2.45, 2.75) is 177 Å². The molecule has 5 saturated heterocycles. The van der Waals surface area contributed by atoms with E-state index in [1.165, 1.54) is 0 Å². The van der Waals surface area contributed by atoms with Crippen LogP contribution in [0, 0.1) is 23.7 Å². The monoisotopic (exact) mass is 688 g/mol. The minimum absolute atomic E-state index is 0.147. The Kier molecular flexibility index (Phi) is 11.4. The van der Waals surface area contributed by atoms with Crippen LogP contribution >= 0.6 is 0 Å². The minimum Gasteiger partial charge on any atom is -0.392 e. The molecule has 0 aromatic rings. The lowest BCUT2D eigenvalue weighted by atomic mass is 9.75. The summed E-state index contributed by atoms with van der Waals surface area (Å²) in [6.45, 7) is 15.3. The second-order valence-corrected chi connectivity index (χ2v) is 15.9. The standard InChI is InChI=1S/C36H64O12/c1-18-29(37)20(3)35(8,39)47-30(18)25-14-13-23(44-25)24-15-16-28(45-24)34(7)32(42-11)21(4)36(48-34)19(2)26(41-10)17-27(46-36)31(38)33(6,43-12)22(5)40-9/h18-32,37-39H,13-17H2,1-12H3/t18-,19-,20+,21+,22-,23+,24-,25+,26-,27-,28+,29-,30-,31+,32+,33?,34+,35-,36-/m0/s1. The predicted octanol–water partition coefficient (Wildman–Crippen LogP) is 3.20. The average Bonchev–Trinajstić information content (AvgIpc) is 3.80. The molecule has 0 amide bonds. The van der Waals surface area contributed by atoms with E-state index in [-0.39, 0.29) is 54.4 Å². The molecule has 12 heteroatoms. The molecule has 5 rings (SSSR count). The maximum Gasteiger partial charge on any atom is 0.179 e. The van der Waals surface area contributed by atoms with E-state index in [0.29, 0.717) is 6.42 Å². The molecule has 0 aromatic heterocycles. The summed E-state index contributed by atoms with van der Waals surface area (Å²) in [5.74, 6) is -3.56. The summed E-state index contributed by atoms with van der Waals surface area (Å²) >= 11 is 0. The van der Waals surface area contributed by atoms with E-state index in [1.54, 1.807) is 42.3 Å². The van der Waals surface area contributed by atoms with E-state index in [4.69, 9.17) is 42.6 Å². The molecular weight excluding hydrogens is 624 g/mol. The zero-order chi connectivity index (χ0) is 35.6. The lowest BCUT2D eigenvalue weighted by molar-refractivity contribution is -0.365. The molecule has 0 bridgehead atoms. The SMILES string of the molecule is CO[C@H]1C[C@@H]([C@@H](O)C(C)(OC)[C@H](C)OC)O[C@]2(O[C@](C)([C@H]3CC[C@@H]([C@H]4CC[C@H]([C@H]5O[C@](C)(O)[C@H](C)[C@@H](O)[C@@H]5C)O4)O3)[C@H](OC)[C@H]2C)[C@H]1C. The Balaban J connectivity index is 1.33. The van der Waals surface area contributed by atoms with Gasteiger partial charge in [0.2, 0.25) is 0 Å². The third kappa shape index (κ3) is 6.21. The van der Waals surface area contributed by atoms with Crippen LogP contribution in [0.15, 0.2) is 0 Å². The number of methoxy groups -OCH3 is 4. The molecule has 0 aliphatic carbocycles. The van der Waals surface area contributed by atoms with Crippen molar-refractivity contribution in [1.29, 1.82) is 0 Å². The van der Waals surface area contributed by atoms with Gasteiger partial charge in [0, 0.05) is 58.5 Å². The number of aliphatic hydroxyl groups is 3. The minimum atomic E-state index is -1.43. The van der Waals surface area contributed by atoms with Crippen LogP contribution in [-0.2, 0) is 42.6 Å². The van der Waals surface area contributed by atoms with Crippen LogP contribution in [0.25, 0.3) is 0 Å². The second kappa shape index (κ2) is 14.2. The molecule has 1 unspecified atom stereocenters. The van der Waals surface area contributed by atoms with E-state index in [0.717, 1.165) is 25.7 Å². The van der Waals surface area contributed by atoms with Gasteiger partial charge in [-0.05, 0) is 53.4 Å². The Bertz CT molecular complexity index is 1090. The topological polar surface area (TPSA) is 144 Å². The highest BCUT2D eigenvalue weighted by Gasteiger charge is 2.69. The van der Waals surface area contributed by atoms with Crippen LogP contribution in [0.2, 0.25) is 0 Å². The first kappa shape index (κ1) is 38.7. The van der Waals surface area contributed by atoms with Crippen molar-refractivity contribution in [3.05, 3.63) is 0 Å². The van der Waals surface area contributed by atoms with E-state index >= 15 is 0 Å². The summed E-state index contributed by atoms with van der Waals surface area (Å²) in [6.07, 6.45) is -1.16. The highest BCUT2D eigenvalue weighted by molar-refractivity contribution is 5.13. The van der Waals surface area contributed by atoms with Crippen LogP contribution < -0.4 is 0 Å². The number of hydrogen-bond acceptors (Lipinski definition) is 12. The number of hydrogen-bond donors (Lipinski definition) is 3. The van der Waals surface area contributed by atoms with Gasteiger partial charge in [-0.1, -0.05) is 27.7 Å². The van der Waals surface area contributed by atoms with Gasteiger partial charge < -0.3 is 58.0 Å². The molecule has 5 fully saturated rings. The van der Waals surface area contributed by atoms with Crippen molar-refractivity contribution < 1.29 is 58.0 Å². The van der Waals surface area contributed by atoms with Crippen molar-refractivity contribution >= 4 is 0 Å². The highest BCUT2D eigenvalue weighted by Crippen LogP contribution is 2.56. The number of aliphatic hydroxyl groups excluding tert-OH is 2. The summed E-state index contributed by atoms with van der Waals surface area (Å²) in [7, 11) is 6.55. The third-order valence-electron chi connectivity index (χ3n) is 13.5. The fourth-order valence-electron chi connectivity index (χ4n) is 9.67. The summed E-state index contributed by atoms with van der Waals surface area (Å²) in [5, 5.41) is 33.5. The molecule has 48 heavy (non-hydrogen) atoms. The van der Waals surface area contributed by atoms with Gasteiger partial charge in [0.25, 0.3) is 0 Å². The Morgan fingerprint density at radius 3 is 2.06 bits per heavy atom. The summed E-state index contributed by atoms with van der Waals surface area (Å²) in [6, 6.07) is 0. The lowest BCUT2D eigenvalue weighted by Crippen LogP contribution is -2.64. The highest BCUT2D eigenvalue weighted by atomic mass is 16.7. The zero-order valence-electron chi connectivity index (χ0n) is 31.2. The van der Waals surface area contributed by atoms with Crippen LogP contribution in [0.1, 0.15) is 87.5 Å². The van der Waals surface area contributed by atoms with Gasteiger partial charge >= 0.3 is 0 Å². The van der Waals surface area contributed by atoms with Crippen molar-refractivity contribution in [1.82, 2.24) is 0 Å². The van der Waals surface area contributed by atoms with Crippen molar-refractivity contribution in [2.75, 3.05) is 28.4 Å². The first-order valence-electron chi connectivity index (χ1n) is 18.0. The van der Waals surface area contributed by atoms with E-state index in [9.17, 15) is 15.3 Å². The van der Waals surface area contributed by atoms with Gasteiger partial charge in [-0.15, -0.1) is 0 Å². The van der Waals surface area contributed by atoms with E-state index in [1.807, 2.05) is 27.7 Å². The van der Waals surface area contributed by atoms with Crippen molar-refractivity contribution in [3.63, 3.8) is 0 Å². The third-order valence-corrected chi connectivity index (χ3v) is 13.5. The molecule has 5 aliphatic rings. The fourth-order valence-corrected chi connectivity index (χ4v) is 9.67. The molecule has 3 N–H and O–H groups in total. The Labute approximate surface area is 287 Å². The summed E-state index contributed by atoms with van der Waals surface area (Å²) in [4.78, 5) is 0. The molecule has 5 aliphatic heterocycles. The molecule has 0 saturated carbocycles. The summed E-state index contributed by atoms with van der Waals surface area (Å²) in [5.41, 5.74) is -1.91. The molecule has 19 atom stereocenters. The first-order chi connectivity index (χ1) is 22.4. The summed E-state index contributed by atoms with van der Waals surface area (Å²) < 4.78 is 57.3. The quantitative estimate of drug-likeness (QED) is 0.310. The molecule has 12 nitrogen and oxygen atoms in total. The van der Waals surface area contributed by atoms with Gasteiger partial charge in [0.05, 0.1) is 61.0 Å². The normalized spacial score (nSPS) is 52.4. The molecule has 1 spiro atoms. The van der Waals surface area contributed by atoms with Gasteiger partial charge in [0.1, 0.15) is 17.3 Å². The second-order valence-electron chi connectivity index (χ2n) is 15.9. The fraction of sp³-hybridized carbons (Fsp3) is 1.00. The van der Waals surface area contributed by atoms with E-state index in [2.05, 4.69) is 13.8 Å². The van der Waals surface area contributed by atoms with Crippen molar-refractivity contribution in [3.8, 4) is 0 Å². The van der Waals surface area contributed by atoms with Crippen LogP contribution in [0.5, 0.6) is 0 Å². The van der Waals surface area contributed by atoms with Gasteiger partial charge in [-0.2, -0.15) is 0 Å². The van der Waals surface area contributed by atoms with Crippen molar-refractivity contribution in [2.24, 2.45) is 23.7 Å². The average molecular weight is 689 g/mol. The number of rotatable bonds is 10. The molecule has 0 radical (unpaired) electrons. The van der Waals surface area contributed by atoms with Gasteiger partial charge in [0.15, 0.2) is 11.6 Å².